The summed E-state index contributed by atoms with van der Waals surface area (Å²) in [6, 6.07) is 0. The Morgan fingerprint density at radius 3 is 2.58 bits per heavy atom. The van der Waals surface area contributed by atoms with E-state index in [1.165, 1.54) is 0 Å². The SMILES string of the molecule is CC(C)(C(=O)O)c1cnc(NCC2CCOCC2)nc1N1CCOCC1. The average molecular weight is 364 g/mol. The summed E-state index contributed by atoms with van der Waals surface area (Å²) in [5, 5.41) is 13.0. The van der Waals surface area contributed by atoms with Gasteiger partial charge in [0.05, 0.1) is 18.6 Å². The number of hydrogen-bond donors (Lipinski definition) is 2. The first-order valence-corrected chi connectivity index (χ1v) is 9.23. The van der Waals surface area contributed by atoms with Crippen molar-refractivity contribution in [3.05, 3.63) is 11.8 Å². The van der Waals surface area contributed by atoms with Crippen LogP contribution in [-0.4, -0.2) is 67.1 Å². The van der Waals surface area contributed by atoms with Crippen LogP contribution in [0.2, 0.25) is 0 Å². The molecule has 0 radical (unpaired) electrons. The summed E-state index contributed by atoms with van der Waals surface area (Å²) in [5.41, 5.74) is -0.434. The summed E-state index contributed by atoms with van der Waals surface area (Å²) < 4.78 is 10.8. The molecule has 2 fully saturated rings. The summed E-state index contributed by atoms with van der Waals surface area (Å²) in [4.78, 5) is 22.9. The molecule has 2 aliphatic heterocycles. The van der Waals surface area contributed by atoms with Crippen LogP contribution in [0.25, 0.3) is 0 Å². The van der Waals surface area contributed by atoms with E-state index in [-0.39, 0.29) is 0 Å². The third-order valence-corrected chi connectivity index (χ3v) is 5.18. The lowest BCUT2D eigenvalue weighted by atomic mass is 9.85. The number of carboxylic acid groups (broad SMARTS) is 1. The smallest absolute Gasteiger partial charge is 0.313 e. The van der Waals surface area contributed by atoms with Crippen molar-refractivity contribution >= 4 is 17.7 Å². The lowest BCUT2D eigenvalue weighted by Crippen LogP contribution is -2.40. The number of aromatic nitrogens is 2. The molecule has 0 bridgehead atoms. The third kappa shape index (κ3) is 4.24. The van der Waals surface area contributed by atoms with Crippen molar-refractivity contribution in [3.63, 3.8) is 0 Å². The number of morpholine rings is 1. The van der Waals surface area contributed by atoms with Gasteiger partial charge < -0.3 is 24.8 Å². The van der Waals surface area contributed by atoms with Crippen LogP contribution in [0.3, 0.4) is 0 Å². The van der Waals surface area contributed by atoms with Crippen LogP contribution in [0.1, 0.15) is 32.3 Å². The van der Waals surface area contributed by atoms with Gasteiger partial charge in [0.2, 0.25) is 5.95 Å². The molecule has 3 rings (SSSR count). The molecule has 0 saturated carbocycles. The summed E-state index contributed by atoms with van der Waals surface area (Å²) in [6.07, 6.45) is 3.72. The number of anilines is 2. The van der Waals surface area contributed by atoms with E-state index >= 15 is 0 Å². The third-order valence-electron chi connectivity index (χ3n) is 5.18. The molecule has 0 aromatic carbocycles. The van der Waals surface area contributed by atoms with Gasteiger partial charge >= 0.3 is 5.97 Å². The van der Waals surface area contributed by atoms with E-state index in [4.69, 9.17) is 9.47 Å². The minimum atomic E-state index is -1.06. The lowest BCUT2D eigenvalue weighted by Gasteiger charge is -2.32. The summed E-state index contributed by atoms with van der Waals surface area (Å²) in [6.45, 7) is 8.39. The number of nitrogens with zero attached hydrogens (tertiary/aromatic N) is 3. The van der Waals surface area contributed by atoms with Gasteiger partial charge in [-0.2, -0.15) is 4.98 Å². The monoisotopic (exact) mass is 364 g/mol. The second kappa shape index (κ2) is 8.18. The molecule has 8 nitrogen and oxygen atoms in total. The number of nitrogens with one attached hydrogen (secondary N) is 1. The van der Waals surface area contributed by atoms with Crippen LogP contribution in [0, 0.1) is 5.92 Å². The van der Waals surface area contributed by atoms with Crippen LogP contribution in [0.15, 0.2) is 6.20 Å². The molecular weight excluding hydrogens is 336 g/mol. The maximum atomic E-state index is 11.7. The van der Waals surface area contributed by atoms with Gasteiger partial charge in [-0.25, -0.2) is 4.98 Å². The van der Waals surface area contributed by atoms with Crippen molar-refractivity contribution in [2.24, 2.45) is 5.92 Å². The van der Waals surface area contributed by atoms with E-state index in [1.807, 2.05) is 0 Å². The maximum absolute atomic E-state index is 11.7. The minimum absolute atomic E-state index is 0.544. The second-order valence-corrected chi connectivity index (χ2v) is 7.40. The minimum Gasteiger partial charge on any atom is -0.481 e. The molecule has 1 aromatic rings. The first-order valence-electron chi connectivity index (χ1n) is 9.23. The molecule has 0 aliphatic carbocycles. The Morgan fingerprint density at radius 2 is 1.92 bits per heavy atom. The fourth-order valence-electron chi connectivity index (χ4n) is 3.22. The van der Waals surface area contributed by atoms with Gasteiger partial charge in [0.15, 0.2) is 0 Å². The molecular formula is C18H28N4O4. The van der Waals surface area contributed by atoms with E-state index < -0.39 is 11.4 Å². The van der Waals surface area contributed by atoms with Gasteiger partial charge in [-0.3, -0.25) is 4.79 Å². The Balaban J connectivity index is 1.82. The van der Waals surface area contributed by atoms with Crippen molar-refractivity contribution in [2.75, 3.05) is 56.3 Å². The Bertz CT molecular complexity index is 626. The van der Waals surface area contributed by atoms with Gasteiger partial charge in [-0.15, -0.1) is 0 Å². The zero-order valence-electron chi connectivity index (χ0n) is 15.5. The van der Waals surface area contributed by atoms with Gasteiger partial charge in [-0.1, -0.05) is 0 Å². The van der Waals surface area contributed by atoms with Crippen LogP contribution in [0.4, 0.5) is 11.8 Å². The summed E-state index contributed by atoms with van der Waals surface area (Å²) in [5.74, 6) is 0.890. The average Bonchev–Trinajstić information content (AvgIpc) is 2.67. The van der Waals surface area contributed by atoms with E-state index in [0.717, 1.165) is 32.6 Å². The number of ether oxygens (including phenoxy) is 2. The molecule has 0 atom stereocenters. The normalized spacial score (nSPS) is 19.4. The Labute approximate surface area is 153 Å². The number of carbonyl (C=O) groups is 1. The number of hydrogen-bond acceptors (Lipinski definition) is 7. The molecule has 2 saturated heterocycles. The van der Waals surface area contributed by atoms with Gasteiger partial charge in [-0.05, 0) is 32.6 Å². The highest BCUT2D eigenvalue weighted by Crippen LogP contribution is 2.32. The molecule has 26 heavy (non-hydrogen) atoms. The second-order valence-electron chi connectivity index (χ2n) is 7.40. The van der Waals surface area contributed by atoms with Crippen LogP contribution in [-0.2, 0) is 19.7 Å². The fraction of sp³-hybridized carbons (Fsp3) is 0.722. The Morgan fingerprint density at radius 1 is 1.27 bits per heavy atom. The number of carboxylic acids is 1. The summed E-state index contributed by atoms with van der Waals surface area (Å²) in [7, 11) is 0. The molecule has 1 aromatic heterocycles. The molecule has 8 heteroatoms. The molecule has 2 aliphatic rings. The van der Waals surface area contributed by atoms with E-state index in [2.05, 4.69) is 20.2 Å². The van der Waals surface area contributed by atoms with Crippen molar-refractivity contribution in [1.82, 2.24) is 9.97 Å². The van der Waals surface area contributed by atoms with Crippen LogP contribution < -0.4 is 10.2 Å². The van der Waals surface area contributed by atoms with Crippen molar-refractivity contribution in [2.45, 2.75) is 32.1 Å². The lowest BCUT2D eigenvalue weighted by molar-refractivity contribution is -0.142. The molecule has 0 spiro atoms. The highest BCUT2D eigenvalue weighted by Gasteiger charge is 2.35. The Kier molecular flexibility index (Phi) is 5.93. The van der Waals surface area contributed by atoms with Crippen molar-refractivity contribution in [3.8, 4) is 0 Å². The van der Waals surface area contributed by atoms with Crippen LogP contribution >= 0.6 is 0 Å². The predicted octanol–water partition coefficient (Wildman–Crippen LogP) is 1.51. The van der Waals surface area contributed by atoms with Gasteiger partial charge in [0.25, 0.3) is 0 Å². The fourth-order valence-corrected chi connectivity index (χ4v) is 3.22. The van der Waals surface area contributed by atoms with Gasteiger partial charge in [0, 0.05) is 44.6 Å². The molecule has 3 heterocycles. The predicted molar refractivity (Wildman–Crippen MR) is 97.8 cm³/mol. The van der Waals surface area contributed by atoms with Crippen molar-refractivity contribution in [1.29, 1.82) is 0 Å². The molecule has 2 N–H and O–H groups in total. The standard InChI is InChI=1S/C18H28N4O4/c1-18(2,16(23)24)14-12-20-17(19-11-13-3-7-25-8-4-13)21-15(14)22-5-9-26-10-6-22/h12-13H,3-11H2,1-2H3,(H,23,24)(H,19,20,21). The first kappa shape index (κ1) is 18.8. The zero-order valence-corrected chi connectivity index (χ0v) is 15.5. The molecule has 0 amide bonds. The van der Waals surface area contributed by atoms with Crippen LogP contribution in [0.5, 0.6) is 0 Å². The largest absolute Gasteiger partial charge is 0.481 e. The maximum Gasteiger partial charge on any atom is 0.313 e. The highest BCUT2D eigenvalue weighted by molar-refractivity contribution is 5.82. The van der Waals surface area contributed by atoms with Crippen molar-refractivity contribution < 1.29 is 19.4 Å². The van der Waals surface area contributed by atoms with Gasteiger partial charge in [0.1, 0.15) is 5.82 Å². The van der Waals surface area contributed by atoms with E-state index in [1.54, 1.807) is 20.0 Å². The zero-order chi connectivity index (χ0) is 18.6. The molecule has 0 unspecified atom stereocenters. The summed E-state index contributed by atoms with van der Waals surface area (Å²) >= 11 is 0. The quantitative estimate of drug-likeness (QED) is 0.784. The Hall–Kier alpha value is -1.93. The number of rotatable bonds is 6. The topological polar surface area (TPSA) is 96.8 Å². The molecule has 144 valence electrons. The van der Waals surface area contributed by atoms with E-state index in [0.29, 0.717) is 49.6 Å². The van der Waals surface area contributed by atoms with E-state index in [9.17, 15) is 9.90 Å². The number of aliphatic carboxylic acids is 1. The highest BCUT2D eigenvalue weighted by atomic mass is 16.5. The first-order chi connectivity index (χ1) is 12.5.